The number of nitrogens with zero attached hydrogens (tertiary/aromatic N) is 2. The van der Waals surface area contributed by atoms with Gasteiger partial charge in [-0.25, -0.2) is 0 Å². The molecule has 0 atom stereocenters. The Kier molecular flexibility index (Phi) is 1.63. The van der Waals surface area contributed by atoms with E-state index in [1.807, 2.05) is 13.8 Å². The lowest BCUT2D eigenvalue weighted by Crippen LogP contribution is -2.12. The van der Waals surface area contributed by atoms with Crippen LogP contribution in [0.5, 0.6) is 5.88 Å². The van der Waals surface area contributed by atoms with Gasteiger partial charge >= 0.3 is 0 Å². The van der Waals surface area contributed by atoms with Crippen molar-refractivity contribution in [3.05, 3.63) is 27.0 Å². The van der Waals surface area contributed by atoms with Crippen LogP contribution in [0.3, 0.4) is 0 Å². The summed E-state index contributed by atoms with van der Waals surface area (Å²) in [6.45, 7) is 3.78. The van der Waals surface area contributed by atoms with Crippen molar-refractivity contribution in [1.29, 1.82) is 0 Å². The third-order valence-corrected chi connectivity index (χ3v) is 3.02. The predicted octanol–water partition coefficient (Wildman–Crippen LogP) is 1.08. The van der Waals surface area contributed by atoms with E-state index in [0.29, 0.717) is 4.96 Å². The summed E-state index contributed by atoms with van der Waals surface area (Å²) >= 11 is 1.40. The normalized spacial score (nSPS) is 10.9. The van der Waals surface area contributed by atoms with Crippen molar-refractivity contribution in [3.8, 4) is 5.88 Å². The second-order valence-corrected chi connectivity index (χ2v) is 4.00. The molecule has 0 saturated carbocycles. The van der Waals surface area contributed by atoms with Gasteiger partial charge in [0.25, 0.3) is 5.56 Å². The highest BCUT2D eigenvalue weighted by Crippen LogP contribution is 2.19. The third kappa shape index (κ3) is 1.12. The summed E-state index contributed by atoms with van der Waals surface area (Å²) in [6, 6.07) is 1.12. The van der Waals surface area contributed by atoms with Gasteiger partial charge in [-0.2, -0.15) is 4.98 Å². The fourth-order valence-electron chi connectivity index (χ4n) is 1.19. The Morgan fingerprint density at radius 3 is 2.92 bits per heavy atom. The third-order valence-electron chi connectivity index (χ3n) is 1.96. The van der Waals surface area contributed by atoms with Crippen molar-refractivity contribution < 1.29 is 5.11 Å². The first-order valence-corrected chi connectivity index (χ1v) is 4.60. The van der Waals surface area contributed by atoms with Crippen LogP contribution in [-0.4, -0.2) is 14.5 Å². The highest BCUT2D eigenvalue weighted by molar-refractivity contribution is 7.17. The first kappa shape index (κ1) is 8.25. The Morgan fingerprint density at radius 2 is 2.23 bits per heavy atom. The molecule has 0 radical (unpaired) electrons. The molecule has 2 rings (SSSR count). The molecule has 0 aliphatic rings. The van der Waals surface area contributed by atoms with Crippen molar-refractivity contribution >= 4 is 16.3 Å². The van der Waals surface area contributed by atoms with Gasteiger partial charge in [0.05, 0.1) is 6.07 Å². The molecule has 0 aliphatic heterocycles. The maximum atomic E-state index is 11.4. The number of hydrogen-bond acceptors (Lipinski definition) is 4. The first-order valence-electron chi connectivity index (χ1n) is 3.78. The molecule has 0 fully saturated rings. The molecular formula is C8H8N2O2S. The fraction of sp³-hybridized carbons (Fsp3) is 0.250. The molecule has 0 saturated heterocycles. The van der Waals surface area contributed by atoms with Gasteiger partial charge in [0.2, 0.25) is 5.88 Å². The number of aryl methyl sites for hydroxylation is 2. The molecule has 0 aliphatic carbocycles. The summed E-state index contributed by atoms with van der Waals surface area (Å²) in [4.78, 5) is 16.8. The topological polar surface area (TPSA) is 54.6 Å². The number of aromatic nitrogens is 2. The Hall–Kier alpha value is -1.36. The van der Waals surface area contributed by atoms with Crippen molar-refractivity contribution in [1.82, 2.24) is 9.38 Å². The van der Waals surface area contributed by atoms with Crippen LogP contribution in [0.2, 0.25) is 0 Å². The molecule has 2 aromatic rings. The molecule has 5 heteroatoms. The Labute approximate surface area is 78.1 Å². The van der Waals surface area contributed by atoms with Crippen molar-refractivity contribution in [2.24, 2.45) is 0 Å². The summed E-state index contributed by atoms with van der Waals surface area (Å²) < 4.78 is 1.50. The van der Waals surface area contributed by atoms with Crippen LogP contribution in [0, 0.1) is 13.8 Å². The zero-order valence-electron chi connectivity index (χ0n) is 7.24. The second-order valence-electron chi connectivity index (χ2n) is 2.81. The minimum atomic E-state index is -0.232. The van der Waals surface area contributed by atoms with Gasteiger partial charge in [-0.05, 0) is 13.8 Å². The largest absolute Gasteiger partial charge is 0.493 e. The molecular weight excluding hydrogens is 188 g/mol. The molecule has 1 N–H and O–H groups in total. The molecule has 0 bridgehead atoms. The number of aromatic hydroxyl groups is 1. The second kappa shape index (κ2) is 2.56. The molecule has 68 valence electrons. The summed E-state index contributed by atoms with van der Waals surface area (Å²) in [6.07, 6.45) is 0. The van der Waals surface area contributed by atoms with Crippen LogP contribution < -0.4 is 5.56 Å². The summed E-state index contributed by atoms with van der Waals surface area (Å²) in [7, 11) is 0. The van der Waals surface area contributed by atoms with Crippen molar-refractivity contribution in [3.63, 3.8) is 0 Å². The number of hydrogen-bond donors (Lipinski definition) is 1. The SMILES string of the molecule is Cc1sc2nc(O)cc(=O)n2c1C. The standard InChI is InChI=1S/C8H8N2O2S/c1-4-5(2)13-8-9-6(11)3-7(12)10(4)8/h3,11H,1-2H3. The summed E-state index contributed by atoms with van der Waals surface area (Å²) in [5.74, 6) is -0.216. The van der Waals surface area contributed by atoms with E-state index in [2.05, 4.69) is 4.98 Å². The molecule has 0 spiro atoms. The van der Waals surface area contributed by atoms with E-state index in [9.17, 15) is 4.79 Å². The average Bonchev–Trinajstić information content (AvgIpc) is 2.27. The smallest absolute Gasteiger partial charge is 0.262 e. The van der Waals surface area contributed by atoms with Gasteiger partial charge in [0.1, 0.15) is 0 Å². The molecule has 0 aromatic carbocycles. The first-order chi connectivity index (χ1) is 6.09. The van der Waals surface area contributed by atoms with E-state index in [0.717, 1.165) is 16.6 Å². The quantitative estimate of drug-likeness (QED) is 0.686. The van der Waals surface area contributed by atoms with Crippen LogP contribution in [0.4, 0.5) is 0 Å². The van der Waals surface area contributed by atoms with Crippen LogP contribution in [-0.2, 0) is 0 Å². The Morgan fingerprint density at radius 1 is 1.54 bits per heavy atom. The molecule has 2 heterocycles. The lowest BCUT2D eigenvalue weighted by molar-refractivity contribution is 0.453. The maximum absolute atomic E-state index is 11.4. The van der Waals surface area contributed by atoms with E-state index >= 15 is 0 Å². The maximum Gasteiger partial charge on any atom is 0.262 e. The van der Waals surface area contributed by atoms with Crippen molar-refractivity contribution in [2.45, 2.75) is 13.8 Å². The van der Waals surface area contributed by atoms with Gasteiger partial charge in [0, 0.05) is 10.6 Å². The number of rotatable bonds is 0. The highest BCUT2D eigenvalue weighted by Gasteiger charge is 2.08. The van der Waals surface area contributed by atoms with Crippen LogP contribution in [0.15, 0.2) is 10.9 Å². The number of fused-ring (bicyclic) bond motifs is 1. The lowest BCUT2D eigenvalue weighted by atomic mass is 10.4. The van der Waals surface area contributed by atoms with E-state index in [4.69, 9.17) is 5.11 Å². The molecule has 4 nitrogen and oxygen atoms in total. The Bertz CT molecular complexity index is 527. The molecule has 13 heavy (non-hydrogen) atoms. The monoisotopic (exact) mass is 196 g/mol. The van der Waals surface area contributed by atoms with Crippen LogP contribution in [0.25, 0.3) is 4.96 Å². The lowest BCUT2D eigenvalue weighted by Gasteiger charge is -1.94. The van der Waals surface area contributed by atoms with Crippen LogP contribution in [0.1, 0.15) is 10.6 Å². The summed E-state index contributed by atoms with van der Waals surface area (Å²) in [5.41, 5.74) is 0.654. The minimum absolute atomic E-state index is 0.216. The van der Waals surface area contributed by atoms with Gasteiger partial charge in [-0.1, -0.05) is 0 Å². The van der Waals surface area contributed by atoms with E-state index in [-0.39, 0.29) is 11.4 Å². The van der Waals surface area contributed by atoms with Gasteiger partial charge in [-0.3, -0.25) is 9.20 Å². The Balaban J connectivity index is 3.03. The predicted molar refractivity (Wildman–Crippen MR) is 50.5 cm³/mol. The zero-order chi connectivity index (χ0) is 9.59. The van der Waals surface area contributed by atoms with Crippen LogP contribution >= 0.6 is 11.3 Å². The average molecular weight is 196 g/mol. The van der Waals surface area contributed by atoms with E-state index in [1.165, 1.54) is 15.7 Å². The summed E-state index contributed by atoms with van der Waals surface area (Å²) in [5, 5.41) is 9.09. The van der Waals surface area contributed by atoms with Crippen molar-refractivity contribution in [2.75, 3.05) is 0 Å². The van der Waals surface area contributed by atoms with Gasteiger partial charge in [0.15, 0.2) is 4.96 Å². The molecule has 0 amide bonds. The minimum Gasteiger partial charge on any atom is -0.493 e. The van der Waals surface area contributed by atoms with Gasteiger partial charge in [-0.15, -0.1) is 11.3 Å². The zero-order valence-corrected chi connectivity index (χ0v) is 8.05. The molecule has 2 aromatic heterocycles. The van der Waals surface area contributed by atoms with E-state index in [1.54, 1.807) is 0 Å². The highest BCUT2D eigenvalue weighted by atomic mass is 32.1. The van der Waals surface area contributed by atoms with Gasteiger partial charge < -0.3 is 5.11 Å². The molecule has 0 unspecified atom stereocenters. The van der Waals surface area contributed by atoms with E-state index < -0.39 is 0 Å². The fourth-order valence-corrected chi connectivity index (χ4v) is 2.17. The number of thiazole rings is 1.